The Kier molecular flexibility index (Phi) is 8.48. The largest absolute Gasteiger partial charge is 0.352 e. The summed E-state index contributed by atoms with van der Waals surface area (Å²) in [5.74, 6) is -0.606. The molecule has 0 heterocycles. The topological polar surface area (TPSA) is 86.8 Å². The summed E-state index contributed by atoms with van der Waals surface area (Å²) in [5.41, 5.74) is 1.32. The SMILES string of the molecule is CC[C@@H](C(=O)NC1CCCC1)N(Cc1ccccc1)C(=O)CN(c1cccc2ccccc12)S(C)(=O)=O. The van der Waals surface area contributed by atoms with Gasteiger partial charge in [-0.2, -0.15) is 0 Å². The molecule has 2 amide bonds. The van der Waals surface area contributed by atoms with Crippen LogP contribution in [0, 0.1) is 0 Å². The second-order valence-corrected chi connectivity index (χ2v) is 11.6. The van der Waals surface area contributed by atoms with Crippen LogP contribution in [0.3, 0.4) is 0 Å². The monoisotopic (exact) mass is 521 g/mol. The molecule has 1 saturated carbocycles. The van der Waals surface area contributed by atoms with Crippen LogP contribution < -0.4 is 9.62 Å². The maximum absolute atomic E-state index is 13.9. The number of nitrogens with zero attached hydrogens (tertiary/aromatic N) is 2. The Morgan fingerprint density at radius 3 is 2.27 bits per heavy atom. The Morgan fingerprint density at radius 1 is 0.946 bits per heavy atom. The standard InChI is InChI=1S/C29H35N3O4S/c1-3-26(29(34)30-24-16-8-9-17-24)31(20-22-12-5-4-6-13-22)28(33)21-32(37(2,35)36)27-19-11-15-23-14-7-10-18-25(23)27/h4-7,10-15,18-19,24,26H,3,8-9,16-17,20-21H2,1-2H3,(H,30,34)/t26-/m0/s1. The quantitative estimate of drug-likeness (QED) is 0.426. The lowest BCUT2D eigenvalue weighted by molar-refractivity contribution is -0.140. The fraction of sp³-hybridized carbons (Fsp3) is 0.379. The number of sulfonamides is 1. The van der Waals surface area contributed by atoms with E-state index in [0.29, 0.717) is 12.1 Å². The summed E-state index contributed by atoms with van der Waals surface area (Å²) in [5, 5.41) is 4.74. The van der Waals surface area contributed by atoms with Crippen molar-refractivity contribution in [1.82, 2.24) is 10.2 Å². The molecule has 0 aliphatic heterocycles. The van der Waals surface area contributed by atoms with Crippen molar-refractivity contribution in [2.75, 3.05) is 17.1 Å². The molecule has 0 saturated heterocycles. The lowest BCUT2D eigenvalue weighted by Gasteiger charge is -2.33. The van der Waals surface area contributed by atoms with E-state index in [0.717, 1.165) is 52.6 Å². The van der Waals surface area contributed by atoms with Gasteiger partial charge in [0.1, 0.15) is 12.6 Å². The van der Waals surface area contributed by atoms with Gasteiger partial charge in [0.2, 0.25) is 21.8 Å². The molecule has 1 atom stereocenters. The van der Waals surface area contributed by atoms with Crippen LogP contribution in [0.2, 0.25) is 0 Å². The predicted molar refractivity (Wildman–Crippen MR) is 148 cm³/mol. The van der Waals surface area contributed by atoms with Crippen LogP contribution in [-0.2, 0) is 26.2 Å². The minimum absolute atomic E-state index is 0.124. The van der Waals surface area contributed by atoms with Crippen LogP contribution >= 0.6 is 0 Å². The fourth-order valence-electron chi connectivity index (χ4n) is 5.09. The van der Waals surface area contributed by atoms with Crippen molar-refractivity contribution in [3.8, 4) is 0 Å². The Hall–Kier alpha value is -3.39. The summed E-state index contributed by atoms with van der Waals surface area (Å²) < 4.78 is 27.1. The highest BCUT2D eigenvalue weighted by Crippen LogP contribution is 2.29. The Bertz CT molecular complexity index is 1330. The summed E-state index contributed by atoms with van der Waals surface area (Å²) in [4.78, 5) is 28.8. The fourth-order valence-corrected chi connectivity index (χ4v) is 5.95. The van der Waals surface area contributed by atoms with Gasteiger partial charge in [-0.1, -0.05) is 86.5 Å². The summed E-state index contributed by atoms with van der Waals surface area (Å²) in [6.45, 7) is 1.69. The number of hydrogen-bond acceptors (Lipinski definition) is 4. The Morgan fingerprint density at radius 2 is 1.59 bits per heavy atom. The normalized spacial score (nSPS) is 14.9. The van der Waals surface area contributed by atoms with Gasteiger partial charge in [-0.3, -0.25) is 13.9 Å². The molecule has 1 N–H and O–H groups in total. The lowest BCUT2D eigenvalue weighted by Crippen LogP contribution is -2.53. The number of carbonyl (C=O) groups excluding carboxylic acids is 2. The van der Waals surface area contributed by atoms with Crippen molar-refractivity contribution in [3.63, 3.8) is 0 Å². The highest BCUT2D eigenvalue weighted by atomic mass is 32.2. The van der Waals surface area contributed by atoms with E-state index < -0.39 is 28.5 Å². The molecular formula is C29H35N3O4S. The molecule has 196 valence electrons. The zero-order valence-electron chi connectivity index (χ0n) is 21.5. The third-order valence-electron chi connectivity index (χ3n) is 7.00. The molecule has 1 aliphatic rings. The molecule has 8 heteroatoms. The second kappa shape index (κ2) is 11.8. The van der Waals surface area contributed by atoms with E-state index >= 15 is 0 Å². The van der Waals surface area contributed by atoms with Crippen LogP contribution in [0.5, 0.6) is 0 Å². The minimum Gasteiger partial charge on any atom is -0.352 e. The molecule has 0 spiro atoms. The van der Waals surface area contributed by atoms with Crippen molar-refractivity contribution in [1.29, 1.82) is 0 Å². The highest BCUT2D eigenvalue weighted by molar-refractivity contribution is 7.92. The van der Waals surface area contributed by atoms with E-state index in [-0.39, 0.29) is 18.5 Å². The van der Waals surface area contributed by atoms with Gasteiger partial charge < -0.3 is 10.2 Å². The third-order valence-corrected chi connectivity index (χ3v) is 8.12. The van der Waals surface area contributed by atoms with Crippen molar-refractivity contribution in [2.45, 2.75) is 57.7 Å². The first-order valence-corrected chi connectivity index (χ1v) is 14.7. The van der Waals surface area contributed by atoms with Gasteiger partial charge in [0, 0.05) is 18.0 Å². The Balaban J connectivity index is 1.67. The van der Waals surface area contributed by atoms with E-state index in [1.807, 2.05) is 67.6 Å². The number of nitrogens with one attached hydrogen (secondary N) is 1. The first-order chi connectivity index (χ1) is 17.8. The number of rotatable bonds is 10. The average molecular weight is 522 g/mol. The molecule has 3 aromatic rings. The zero-order valence-corrected chi connectivity index (χ0v) is 22.3. The van der Waals surface area contributed by atoms with E-state index in [1.165, 1.54) is 4.90 Å². The molecule has 0 aromatic heterocycles. The number of fused-ring (bicyclic) bond motifs is 1. The van der Waals surface area contributed by atoms with Crippen molar-refractivity contribution in [2.24, 2.45) is 0 Å². The molecular weight excluding hydrogens is 486 g/mol. The van der Waals surface area contributed by atoms with Crippen LogP contribution in [0.25, 0.3) is 10.8 Å². The van der Waals surface area contributed by atoms with Gasteiger partial charge in [-0.15, -0.1) is 0 Å². The van der Waals surface area contributed by atoms with E-state index in [2.05, 4.69) is 5.32 Å². The minimum atomic E-state index is -3.80. The van der Waals surface area contributed by atoms with Crippen molar-refractivity contribution >= 4 is 38.3 Å². The summed E-state index contributed by atoms with van der Waals surface area (Å²) in [6, 6.07) is 21.8. The van der Waals surface area contributed by atoms with Crippen LogP contribution in [0.1, 0.15) is 44.6 Å². The molecule has 0 unspecified atom stereocenters. The average Bonchev–Trinajstić information content (AvgIpc) is 3.39. The van der Waals surface area contributed by atoms with Crippen LogP contribution in [0.4, 0.5) is 5.69 Å². The van der Waals surface area contributed by atoms with Gasteiger partial charge >= 0.3 is 0 Å². The highest BCUT2D eigenvalue weighted by Gasteiger charge is 2.33. The lowest BCUT2D eigenvalue weighted by atomic mass is 10.1. The zero-order chi connectivity index (χ0) is 26.4. The second-order valence-electron chi connectivity index (χ2n) is 9.69. The van der Waals surface area contributed by atoms with E-state index in [4.69, 9.17) is 0 Å². The van der Waals surface area contributed by atoms with Crippen molar-refractivity contribution < 1.29 is 18.0 Å². The van der Waals surface area contributed by atoms with E-state index in [9.17, 15) is 18.0 Å². The van der Waals surface area contributed by atoms with Crippen LogP contribution in [-0.4, -0.2) is 50.0 Å². The molecule has 1 aliphatic carbocycles. The first kappa shape index (κ1) is 26.7. The molecule has 0 bridgehead atoms. The molecule has 0 radical (unpaired) electrons. The number of carbonyl (C=O) groups is 2. The van der Waals surface area contributed by atoms with Gasteiger partial charge in [0.05, 0.1) is 11.9 Å². The van der Waals surface area contributed by atoms with Crippen molar-refractivity contribution in [3.05, 3.63) is 78.4 Å². The smallest absolute Gasteiger partial charge is 0.244 e. The first-order valence-electron chi connectivity index (χ1n) is 12.9. The Labute approximate surface area is 219 Å². The maximum Gasteiger partial charge on any atom is 0.244 e. The molecule has 3 aromatic carbocycles. The molecule has 1 fully saturated rings. The molecule has 7 nitrogen and oxygen atoms in total. The number of hydrogen-bond donors (Lipinski definition) is 1. The third kappa shape index (κ3) is 6.49. The summed E-state index contributed by atoms with van der Waals surface area (Å²) >= 11 is 0. The van der Waals surface area contributed by atoms with Crippen LogP contribution in [0.15, 0.2) is 72.8 Å². The molecule has 4 rings (SSSR count). The van der Waals surface area contributed by atoms with Gasteiger partial charge in [0.15, 0.2) is 0 Å². The maximum atomic E-state index is 13.9. The molecule has 37 heavy (non-hydrogen) atoms. The summed E-state index contributed by atoms with van der Waals surface area (Å²) in [7, 11) is -3.80. The summed E-state index contributed by atoms with van der Waals surface area (Å²) in [6.07, 6.45) is 5.58. The van der Waals surface area contributed by atoms with Gasteiger partial charge in [-0.25, -0.2) is 8.42 Å². The number of anilines is 1. The van der Waals surface area contributed by atoms with Gasteiger partial charge in [-0.05, 0) is 36.3 Å². The number of amides is 2. The van der Waals surface area contributed by atoms with Gasteiger partial charge in [0.25, 0.3) is 0 Å². The predicted octanol–water partition coefficient (Wildman–Crippen LogP) is 4.47. The van der Waals surface area contributed by atoms with E-state index in [1.54, 1.807) is 12.1 Å². The number of benzene rings is 3.